The molecular formula is C30H20. The summed E-state index contributed by atoms with van der Waals surface area (Å²) in [5.41, 5.74) is 2.96. The monoisotopic (exact) mass is 385 g/mol. The first-order valence-corrected chi connectivity index (χ1v) is 9.96. The van der Waals surface area contributed by atoms with E-state index in [0.717, 1.165) is 38.1 Å². The van der Waals surface area contributed by atoms with Gasteiger partial charge in [-0.3, -0.25) is 0 Å². The van der Waals surface area contributed by atoms with E-state index in [0.29, 0.717) is 5.56 Å². The molecule has 0 N–H and O–H groups in total. The maximum atomic E-state index is 8.45. The fourth-order valence-electron chi connectivity index (χ4n) is 4.27. The van der Waals surface area contributed by atoms with Gasteiger partial charge in [-0.15, -0.1) is 0 Å². The summed E-state index contributed by atoms with van der Waals surface area (Å²) in [6.45, 7) is 0. The maximum absolute atomic E-state index is 8.45. The van der Waals surface area contributed by atoms with Crippen molar-refractivity contribution in [2.24, 2.45) is 0 Å². The molecule has 0 nitrogen and oxygen atoms in total. The van der Waals surface area contributed by atoms with E-state index in [4.69, 9.17) is 6.85 Å². The highest BCUT2D eigenvalue weighted by atomic mass is 14.1. The van der Waals surface area contributed by atoms with Gasteiger partial charge in [0.2, 0.25) is 0 Å². The van der Waals surface area contributed by atoms with Gasteiger partial charge in [-0.2, -0.15) is 0 Å². The Balaban J connectivity index is 1.71. The third-order valence-electron chi connectivity index (χ3n) is 5.69. The molecule has 0 fully saturated rings. The predicted octanol–water partition coefficient (Wildman–Crippen LogP) is 8.48. The number of hydrogen-bond acceptors (Lipinski definition) is 0. The fourth-order valence-corrected chi connectivity index (χ4v) is 4.27. The molecule has 0 heterocycles. The Morgan fingerprint density at radius 1 is 0.433 bits per heavy atom. The van der Waals surface area contributed by atoms with Crippen molar-refractivity contribution in [1.82, 2.24) is 0 Å². The van der Waals surface area contributed by atoms with Crippen molar-refractivity contribution in [2.45, 2.75) is 0 Å². The van der Waals surface area contributed by atoms with Crippen molar-refractivity contribution >= 4 is 32.3 Å². The third kappa shape index (κ3) is 2.77. The molecule has 0 aliphatic heterocycles. The van der Waals surface area contributed by atoms with Crippen LogP contribution in [0.1, 0.15) is 6.85 Å². The van der Waals surface area contributed by atoms with E-state index in [-0.39, 0.29) is 35.8 Å². The molecule has 0 saturated carbocycles. The van der Waals surface area contributed by atoms with Crippen molar-refractivity contribution in [3.05, 3.63) is 121 Å². The number of benzene rings is 6. The second kappa shape index (κ2) is 6.86. The molecule has 0 radical (unpaired) electrons. The van der Waals surface area contributed by atoms with Gasteiger partial charge in [-0.05, 0) is 72.8 Å². The molecule has 6 aromatic carbocycles. The highest BCUT2D eigenvalue weighted by Crippen LogP contribution is 2.39. The molecule has 0 amide bonds. The zero-order valence-corrected chi connectivity index (χ0v) is 16.2. The van der Waals surface area contributed by atoms with Crippen LogP contribution in [-0.2, 0) is 0 Å². The van der Waals surface area contributed by atoms with E-state index in [9.17, 15) is 0 Å². The zero-order valence-electron chi connectivity index (χ0n) is 21.2. The summed E-state index contributed by atoms with van der Waals surface area (Å²) in [7, 11) is 0. The minimum Gasteiger partial charge on any atom is -0.0622 e. The quantitative estimate of drug-likeness (QED) is 0.262. The highest BCUT2D eigenvalue weighted by Gasteiger charge is 2.12. The van der Waals surface area contributed by atoms with Crippen LogP contribution < -0.4 is 0 Å². The highest BCUT2D eigenvalue weighted by molar-refractivity contribution is 6.14. The summed E-state index contributed by atoms with van der Waals surface area (Å²) in [5, 5.41) is 6.55. The average molecular weight is 386 g/mol. The Morgan fingerprint density at radius 2 is 1.10 bits per heavy atom. The van der Waals surface area contributed by atoms with Gasteiger partial charge in [0.05, 0.1) is 6.85 Å². The first kappa shape index (κ1) is 12.6. The molecular weight excluding hydrogens is 360 g/mol. The molecule has 0 aliphatic carbocycles. The molecule has 140 valence electrons. The van der Waals surface area contributed by atoms with Crippen LogP contribution in [0.4, 0.5) is 0 Å². The average Bonchev–Trinajstić information content (AvgIpc) is 2.89. The lowest BCUT2D eigenvalue weighted by atomic mass is 9.89. The van der Waals surface area contributed by atoms with Crippen LogP contribution in [-0.4, -0.2) is 0 Å². The van der Waals surface area contributed by atoms with E-state index in [1.54, 1.807) is 0 Å². The van der Waals surface area contributed by atoms with Crippen LogP contribution in [0.15, 0.2) is 121 Å². The van der Waals surface area contributed by atoms with Gasteiger partial charge in [0.25, 0.3) is 0 Å². The van der Waals surface area contributed by atoms with Crippen molar-refractivity contribution in [2.75, 3.05) is 0 Å². The molecule has 0 unspecified atom stereocenters. The largest absolute Gasteiger partial charge is 0.0629 e. The van der Waals surface area contributed by atoms with Crippen LogP contribution in [0, 0.1) is 0 Å². The minimum absolute atomic E-state index is 0.191. The topological polar surface area (TPSA) is 0 Å². The smallest absolute Gasteiger partial charge is 0.0622 e. The first-order chi connectivity index (χ1) is 16.9. The van der Waals surface area contributed by atoms with Crippen molar-refractivity contribution in [3.63, 3.8) is 0 Å². The zero-order chi connectivity index (χ0) is 24.3. The molecule has 30 heavy (non-hydrogen) atoms. The normalized spacial score (nSPS) is 13.7. The van der Waals surface area contributed by atoms with Crippen LogP contribution >= 0.6 is 0 Å². The Hall–Kier alpha value is -3.90. The van der Waals surface area contributed by atoms with Crippen LogP contribution in [0.5, 0.6) is 0 Å². The Labute approximate surface area is 183 Å². The number of hydrogen-bond donors (Lipinski definition) is 0. The van der Waals surface area contributed by atoms with E-state index in [1.165, 1.54) is 5.39 Å². The molecule has 0 bridgehead atoms. The minimum atomic E-state index is -0.382. The molecule has 0 atom stereocenters. The van der Waals surface area contributed by atoms with Gasteiger partial charge < -0.3 is 0 Å². The molecule has 0 aliphatic rings. The van der Waals surface area contributed by atoms with Gasteiger partial charge in [-0.25, -0.2) is 0 Å². The lowest BCUT2D eigenvalue weighted by molar-refractivity contribution is 1.64. The van der Waals surface area contributed by atoms with E-state index in [2.05, 4.69) is 48.5 Å². The van der Waals surface area contributed by atoms with Gasteiger partial charge in [0.15, 0.2) is 0 Å². The summed E-state index contributed by atoms with van der Waals surface area (Å²) in [5.74, 6) is 0. The lowest BCUT2D eigenvalue weighted by Crippen LogP contribution is -1.87. The first-order valence-electron chi connectivity index (χ1n) is 12.5. The summed E-state index contributed by atoms with van der Waals surface area (Å²) in [4.78, 5) is 0. The molecule has 0 heteroatoms. The standard InChI is InChI=1S/C30H20/c1-2-8-21(9-3-1)24-15-16-26-19-25-12-6-7-13-28(25)30(29(26)20-24)27-17-14-22-10-4-5-11-23(22)18-27/h1-20H/i1D,2D,3D,8D,9D. The summed E-state index contributed by atoms with van der Waals surface area (Å²) in [6, 6.07) is 29.5. The molecule has 0 saturated heterocycles. The number of rotatable bonds is 2. The summed E-state index contributed by atoms with van der Waals surface area (Å²) < 4.78 is 41.0. The Kier molecular flexibility index (Phi) is 2.89. The molecule has 6 aromatic rings. The van der Waals surface area contributed by atoms with Gasteiger partial charge >= 0.3 is 0 Å². The maximum Gasteiger partial charge on any atom is 0.0629 e. The number of fused-ring (bicyclic) bond motifs is 3. The summed E-state index contributed by atoms with van der Waals surface area (Å²) >= 11 is 0. The van der Waals surface area contributed by atoms with E-state index in [1.807, 2.05) is 42.5 Å². The second-order valence-corrected chi connectivity index (χ2v) is 7.47. The molecule has 0 spiro atoms. The lowest BCUT2D eigenvalue weighted by Gasteiger charge is -2.14. The second-order valence-electron chi connectivity index (χ2n) is 7.47. The van der Waals surface area contributed by atoms with Crippen LogP contribution in [0.2, 0.25) is 0 Å². The summed E-state index contributed by atoms with van der Waals surface area (Å²) in [6.07, 6.45) is 0. The van der Waals surface area contributed by atoms with E-state index >= 15 is 0 Å². The van der Waals surface area contributed by atoms with Crippen molar-refractivity contribution in [1.29, 1.82) is 0 Å². The van der Waals surface area contributed by atoms with Crippen molar-refractivity contribution < 1.29 is 6.85 Å². The van der Waals surface area contributed by atoms with Crippen LogP contribution in [0.25, 0.3) is 54.6 Å². The third-order valence-corrected chi connectivity index (χ3v) is 5.69. The molecule has 6 rings (SSSR count). The van der Waals surface area contributed by atoms with Gasteiger partial charge in [0.1, 0.15) is 0 Å². The van der Waals surface area contributed by atoms with Crippen LogP contribution in [0.3, 0.4) is 0 Å². The SMILES string of the molecule is [2H]c1c([2H])c([2H])c(-c2ccc3cc4ccccc4c(-c4ccc5ccccc5c4)c3c2)c([2H])c1[2H]. The molecule has 0 aromatic heterocycles. The van der Waals surface area contributed by atoms with Crippen molar-refractivity contribution in [3.8, 4) is 22.3 Å². The predicted molar refractivity (Wildman–Crippen MR) is 130 cm³/mol. The van der Waals surface area contributed by atoms with Gasteiger partial charge in [-0.1, -0.05) is 103 Å². The van der Waals surface area contributed by atoms with E-state index < -0.39 is 0 Å². The van der Waals surface area contributed by atoms with Gasteiger partial charge in [0, 0.05) is 0 Å². The Morgan fingerprint density at radius 3 is 1.97 bits per heavy atom. The Bertz CT molecular complexity index is 1770. The fraction of sp³-hybridized carbons (Fsp3) is 0.